The number of halogens is 1. The lowest BCUT2D eigenvalue weighted by Gasteiger charge is -2.36. The summed E-state index contributed by atoms with van der Waals surface area (Å²) >= 11 is 5.14. The van der Waals surface area contributed by atoms with Crippen LogP contribution in [-0.4, -0.2) is 23.2 Å². The second-order valence-electron chi connectivity index (χ2n) is 4.91. The lowest BCUT2D eigenvalue weighted by Crippen LogP contribution is -2.47. The largest absolute Gasteiger partial charge is 0.388 e. The van der Waals surface area contributed by atoms with Crippen LogP contribution >= 0.6 is 27.3 Å². The fraction of sp³-hybridized carbons (Fsp3) is 0.615. The number of amides is 1. The second kappa shape index (κ2) is 6.17. The summed E-state index contributed by atoms with van der Waals surface area (Å²) < 4.78 is 1.13. The predicted molar refractivity (Wildman–Crippen MR) is 76.8 cm³/mol. The molecule has 0 bridgehead atoms. The summed E-state index contributed by atoms with van der Waals surface area (Å²) in [5.41, 5.74) is -0.617. The summed E-state index contributed by atoms with van der Waals surface area (Å²) in [6, 6.07) is 4.12. The van der Waals surface area contributed by atoms with E-state index in [1.54, 1.807) is 11.3 Å². The smallest absolute Gasteiger partial charge is 0.220 e. The van der Waals surface area contributed by atoms with Crippen LogP contribution in [0.25, 0.3) is 0 Å². The molecule has 1 saturated carbocycles. The molecule has 1 heterocycles. The molecule has 0 aliphatic heterocycles. The zero-order valence-corrected chi connectivity index (χ0v) is 12.6. The number of carbonyl (C=O) groups excluding carboxylic acids is 1. The van der Waals surface area contributed by atoms with Crippen LogP contribution in [-0.2, 0) is 11.2 Å². The van der Waals surface area contributed by atoms with Gasteiger partial charge in [0.15, 0.2) is 0 Å². The Hall–Kier alpha value is -0.390. The van der Waals surface area contributed by atoms with Crippen LogP contribution in [0.15, 0.2) is 15.9 Å². The SMILES string of the molecule is O=C(CCCc1ccc(Br)s1)NCC1(O)CCC1. The first kappa shape index (κ1) is 14.0. The topological polar surface area (TPSA) is 49.3 Å². The number of thiophene rings is 1. The van der Waals surface area contributed by atoms with Gasteiger partial charge in [-0.25, -0.2) is 0 Å². The van der Waals surface area contributed by atoms with E-state index in [1.165, 1.54) is 4.88 Å². The first-order valence-corrected chi connectivity index (χ1v) is 7.92. The normalized spacial score (nSPS) is 17.2. The molecule has 1 amide bonds. The minimum Gasteiger partial charge on any atom is -0.388 e. The summed E-state index contributed by atoms with van der Waals surface area (Å²) in [5, 5.41) is 12.7. The minimum atomic E-state index is -0.617. The van der Waals surface area contributed by atoms with E-state index in [0.717, 1.165) is 35.9 Å². The third kappa shape index (κ3) is 4.07. The Bertz CT molecular complexity index is 415. The monoisotopic (exact) mass is 331 g/mol. The molecule has 1 aromatic rings. The number of aryl methyl sites for hydroxylation is 1. The highest BCUT2D eigenvalue weighted by atomic mass is 79.9. The Labute approximate surface area is 120 Å². The molecule has 2 rings (SSSR count). The van der Waals surface area contributed by atoms with Crippen molar-refractivity contribution in [2.24, 2.45) is 0 Å². The highest BCUT2D eigenvalue weighted by Gasteiger charge is 2.34. The van der Waals surface area contributed by atoms with Crippen molar-refractivity contribution in [2.45, 2.75) is 44.1 Å². The van der Waals surface area contributed by atoms with Crippen molar-refractivity contribution in [3.63, 3.8) is 0 Å². The molecule has 0 spiro atoms. The van der Waals surface area contributed by atoms with Gasteiger partial charge in [-0.05, 0) is 60.2 Å². The van der Waals surface area contributed by atoms with Gasteiger partial charge in [0.05, 0.1) is 9.39 Å². The summed E-state index contributed by atoms with van der Waals surface area (Å²) in [6.07, 6.45) is 5.03. The van der Waals surface area contributed by atoms with Crippen LogP contribution in [0.2, 0.25) is 0 Å². The molecule has 3 nitrogen and oxygen atoms in total. The fourth-order valence-electron chi connectivity index (χ4n) is 2.02. The number of hydrogen-bond acceptors (Lipinski definition) is 3. The van der Waals surface area contributed by atoms with E-state index in [0.29, 0.717) is 13.0 Å². The van der Waals surface area contributed by atoms with Crippen molar-refractivity contribution in [1.82, 2.24) is 5.32 Å². The lowest BCUT2D eigenvalue weighted by molar-refractivity contribution is -0.123. The Morgan fingerprint density at radius 1 is 1.50 bits per heavy atom. The average Bonchev–Trinajstić information content (AvgIpc) is 2.70. The Balaban J connectivity index is 1.60. The molecule has 5 heteroatoms. The minimum absolute atomic E-state index is 0.0472. The zero-order chi connectivity index (χ0) is 13.0. The van der Waals surface area contributed by atoms with Gasteiger partial charge in [0, 0.05) is 17.8 Å². The predicted octanol–water partition coefficient (Wildman–Crippen LogP) is 2.86. The molecule has 1 aromatic heterocycles. The van der Waals surface area contributed by atoms with Crippen molar-refractivity contribution >= 4 is 33.2 Å². The third-order valence-corrected chi connectivity index (χ3v) is 5.04. The summed E-state index contributed by atoms with van der Waals surface area (Å²) in [4.78, 5) is 12.9. The quantitative estimate of drug-likeness (QED) is 0.842. The van der Waals surface area contributed by atoms with Gasteiger partial charge in [0.1, 0.15) is 0 Å². The highest BCUT2D eigenvalue weighted by molar-refractivity contribution is 9.11. The highest BCUT2D eigenvalue weighted by Crippen LogP contribution is 2.30. The summed E-state index contributed by atoms with van der Waals surface area (Å²) in [5.74, 6) is 0.0472. The molecular weight excluding hydrogens is 314 g/mol. The number of rotatable bonds is 6. The van der Waals surface area contributed by atoms with E-state index in [1.807, 2.05) is 6.07 Å². The fourth-order valence-corrected chi connectivity index (χ4v) is 3.55. The van der Waals surface area contributed by atoms with Crippen LogP contribution in [0, 0.1) is 0 Å². The molecule has 0 radical (unpaired) electrons. The first-order valence-electron chi connectivity index (χ1n) is 6.31. The number of carbonyl (C=O) groups is 1. The van der Waals surface area contributed by atoms with Gasteiger partial charge >= 0.3 is 0 Å². The van der Waals surface area contributed by atoms with Gasteiger partial charge < -0.3 is 10.4 Å². The van der Waals surface area contributed by atoms with E-state index in [9.17, 15) is 9.90 Å². The van der Waals surface area contributed by atoms with Crippen molar-refractivity contribution in [3.05, 3.63) is 20.8 Å². The molecular formula is C13H18BrNO2S. The van der Waals surface area contributed by atoms with Gasteiger partial charge in [0.2, 0.25) is 5.91 Å². The van der Waals surface area contributed by atoms with Crippen molar-refractivity contribution in [1.29, 1.82) is 0 Å². The molecule has 1 fully saturated rings. The van der Waals surface area contributed by atoms with Crippen LogP contribution in [0.3, 0.4) is 0 Å². The molecule has 18 heavy (non-hydrogen) atoms. The van der Waals surface area contributed by atoms with Crippen LogP contribution in [0.5, 0.6) is 0 Å². The maximum atomic E-state index is 11.6. The average molecular weight is 332 g/mol. The van der Waals surface area contributed by atoms with Crippen LogP contribution in [0.4, 0.5) is 0 Å². The first-order chi connectivity index (χ1) is 8.57. The number of nitrogens with one attached hydrogen (secondary N) is 1. The summed E-state index contributed by atoms with van der Waals surface area (Å²) in [6.45, 7) is 0.413. The van der Waals surface area contributed by atoms with Gasteiger partial charge in [0.25, 0.3) is 0 Å². The molecule has 0 atom stereocenters. The molecule has 100 valence electrons. The Morgan fingerprint density at radius 2 is 2.28 bits per heavy atom. The van der Waals surface area contributed by atoms with E-state index < -0.39 is 5.60 Å². The van der Waals surface area contributed by atoms with E-state index in [4.69, 9.17) is 0 Å². The Kier molecular flexibility index (Phi) is 4.81. The third-order valence-electron chi connectivity index (χ3n) is 3.35. The van der Waals surface area contributed by atoms with Crippen LogP contribution < -0.4 is 5.32 Å². The molecule has 1 aliphatic carbocycles. The van der Waals surface area contributed by atoms with E-state index in [2.05, 4.69) is 27.3 Å². The van der Waals surface area contributed by atoms with Crippen molar-refractivity contribution in [3.8, 4) is 0 Å². The van der Waals surface area contributed by atoms with Gasteiger partial charge in [-0.15, -0.1) is 11.3 Å². The Morgan fingerprint density at radius 3 is 2.83 bits per heavy atom. The lowest BCUT2D eigenvalue weighted by atomic mass is 9.80. The van der Waals surface area contributed by atoms with Gasteiger partial charge in [-0.3, -0.25) is 4.79 Å². The molecule has 0 saturated heterocycles. The van der Waals surface area contributed by atoms with Crippen molar-refractivity contribution < 1.29 is 9.90 Å². The number of hydrogen-bond donors (Lipinski definition) is 2. The van der Waals surface area contributed by atoms with Gasteiger partial charge in [-0.2, -0.15) is 0 Å². The second-order valence-corrected chi connectivity index (χ2v) is 7.46. The molecule has 0 aromatic carbocycles. The number of aliphatic hydroxyl groups is 1. The van der Waals surface area contributed by atoms with E-state index >= 15 is 0 Å². The van der Waals surface area contributed by atoms with Crippen LogP contribution in [0.1, 0.15) is 37.0 Å². The van der Waals surface area contributed by atoms with E-state index in [-0.39, 0.29) is 5.91 Å². The van der Waals surface area contributed by atoms with Crippen molar-refractivity contribution in [2.75, 3.05) is 6.54 Å². The molecule has 2 N–H and O–H groups in total. The maximum Gasteiger partial charge on any atom is 0.220 e. The zero-order valence-electron chi connectivity index (χ0n) is 10.2. The molecule has 0 unspecified atom stereocenters. The van der Waals surface area contributed by atoms with Gasteiger partial charge in [-0.1, -0.05) is 0 Å². The maximum absolute atomic E-state index is 11.6. The molecule has 1 aliphatic rings. The standard InChI is InChI=1S/C13H18BrNO2S/c14-11-6-5-10(18-11)3-1-4-12(16)15-9-13(17)7-2-8-13/h5-6,17H,1-4,7-9H2,(H,15,16). The summed E-state index contributed by atoms with van der Waals surface area (Å²) in [7, 11) is 0.